The number of hydrogen-bond donors (Lipinski definition) is 1. The van der Waals surface area contributed by atoms with Crippen LogP contribution in [0.5, 0.6) is 11.5 Å². The van der Waals surface area contributed by atoms with Crippen LogP contribution < -0.4 is 14.8 Å². The van der Waals surface area contributed by atoms with Crippen LogP contribution in [-0.4, -0.2) is 44.4 Å². The van der Waals surface area contributed by atoms with Crippen molar-refractivity contribution in [3.63, 3.8) is 0 Å². The monoisotopic (exact) mass is 464 g/mol. The van der Waals surface area contributed by atoms with Crippen molar-refractivity contribution in [2.75, 3.05) is 19.7 Å². The molecule has 3 heterocycles. The number of carbonyl (C=O) groups excluding carboxylic acids is 1. The van der Waals surface area contributed by atoms with E-state index in [1.807, 2.05) is 26.0 Å². The summed E-state index contributed by atoms with van der Waals surface area (Å²) in [5.74, 6) is 1.44. The quantitative estimate of drug-likeness (QED) is 0.649. The van der Waals surface area contributed by atoms with Gasteiger partial charge in [0.25, 0.3) is 10.0 Å². The number of benzene rings is 1. The predicted molar refractivity (Wildman–Crippen MR) is 119 cm³/mol. The van der Waals surface area contributed by atoms with E-state index in [9.17, 15) is 13.2 Å². The zero-order valence-electron chi connectivity index (χ0n) is 17.8. The summed E-state index contributed by atoms with van der Waals surface area (Å²) in [5.41, 5.74) is 1.99. The average Bonchev–Trinajstić information content (AvgIpc) is 3.47. The summed E-state index contributed by atoms with van der Waals surface area (Å²) < 4.78 is 38.8. The van der Waals surface area contributed by atoms with Crippen LogP contribution in [0.4, 0.5) is 0 Å². The Bertz CT molecular complexity index is 1060. The Morgan fingerprint density at radius 3 is 2.81 bits per heavy atom. The summed E-state index contributed by atoms with van der Waals surface area (Å²) in [7, 11) is -3.44. The van der Waals surface area contributed by atoms with Crippen molar-refractivity contribution in [3.05, 3.63) is 40.3 Å². The highest BCUT2D eigenvalue weighted by Crippen LogP contribution is 2.35. The predicted octanol–water partition coefficient (Wildman–Crippen LogP) is 3.11. The van der Waals surface area contributed by atoms with E-state index in [1.54, 1.807) is 12.1 Å². The molecule has 0 radical (unpaired) electrons. The molecule has 1 saturated heterocycles. The van der Waals surface area contributed by atoms with E-state index in [1.165, 1.54) is 15.6 Å². The van der Waals surface area contributed by atoms with E-state index < -0.39 is 10.0 Å². The summed E-state index contributed by atoms with van der Waals surface area (Å²) in [5, 5.41) is 2.92. The first-order valence-corrected chi connectivity index (χ1v) is 12.9. The first-order chi connectivity index (χ1) is 14.9. The van der Waals surface area contributed by atoms with Crippen LogP contribution in [0.15, 0.2) is 28.5 Å². The summed E-state index contributed by atoms with van der Waals surface area (Å²) in [6, 6.07) is 7.27. The third-order valence-corrected chi connectivity index (χ3v) is 8.94. The van der Waals surface area contributed by atoms with Crippen molar-refractivity contribution >= 4 is 27.3 Å². The maximum Gasteiger partial charge on any atom is 0.252 e. The number of nitrogens with one attached hydrogen (secondary N) is 1. The Morgan fingerprint density at radius 1 is 1.29 bits per heavy atom. The van der Waals surface area contributed by atoms with Crippen molar-refractivity contribution in [2.45, 2.75) is 56.4 Å². The lowest BCUT2D eigenvalue weighted by Gasteiger charge is -2.13. The van der Waals surface area contributed by atoms with Crippen LogP contribution in [0, 0.1) is 0 Å². The van der Waals surface area contributed by atoms with Crippen molar-refractivity contribution in [1.82, 2.24) is 9.62 Å². The molecule has 1 aromatic carbocycles. The van der Waals surface area contributed by atoms with Crippen LogP contribution in [0.1, 0.15) is 42.7 Å². The number of fused-ring (bicyclic) bond motifs is 1. The second-order valence-corrected chi connectivity index (χ2v) is 11.3. The molecule has 9 heteroatoms. The van der Waals surface area contributed by atoms with Gasteiger partial charge in [0.05, 0.1) is 13.0 Å². The van der Waals surface area contributed by atoms with Gasteiger partial charge >= 0.3 is 0 Å². The van der Waals surface area contributed by atoms with Gasteiger partial charge in [-0.1, -0.05) is 0 Å². The summed E-state index contributed by atoms with van der Waals surface area (Å²) in [6.45, 7) is 5.96. The lowest BCUT2D eigenvalue weighted by molar-refractivity contribution is -0.120. The SMILES string of the molecule is CCOc1cc2c(cc1CNC(=O)Cc1ccc(S(=O)(=O)N3CCCC3)s1)O[C@H](C)C2. The molecule has 2 aromatic rings. The molecular weight excluding hydrogens is 436 g/mol. The zero-order valence-corrected chi connectivity index (χ0v) is 19.5. The van der Waals surface area contributed by atoms with Crippen LogP contribution >= 0.6 is 11.3 Å². The summed E-state index contributed by atoms with van der Waals surface area (Å²) in [6.07, 6.45) is 2.93. The Hall–Kier alpha value is -2.10. The fourth-order valence-electron chi connectivity index (χ4n) is 3.97. The Labute approximate surface area is 187 Å². The highest BCUT2D eigenvalue weighted by atomic mass is 32.2. The molecule has 0 unspecified atom stereocenters. The van der Waals surface area contributed by atoms with Gasteiger partial charge in [-0.25, -0.2) is 8.42 Å². The maximum absolute atomic E-state index is 12.7. The number of carbonyl (C=O) groups is 1. The first kappa shape index (κ1) is 22.1. The van der Waals surface area contributed by atoms with E-state index in [0.717, 1.165) is 46.8 Å². The fourth-order valence-corrected chi connectivity index (χ4v) is 7.00. The Kier molecular flexibility index (Phi) is 6.55. The van der Waals surface area contributed by atoms with Crippen molar-refractivity contribution < 1.29 is 22.7 Å². The highest BCUT2D eigenvalue weighted by Gasteiger charge is 2.28. The van der Waals surface area contributed by atoms with Gasteiger partial charge in [-0.2, -0.15) is 4.31 Å². The van der Waals surface area contributed by atoms with E-state index in [0.29, 0.717) is 30.5 Å². The van der Waals surface area contributed by atoms with Crippen LogP contribution in [-0.2, 0) is 34.2 Å². The van der Waals surface area contributed by atoms with Gasteiger partial charge < -0.3 is 14.8 Å². The topological polar surface area (TPSA) is 84.9 Å². The number of rotatable bonds is 8. The second-order valence-electron chi connectivity index (χ2n) is 7.92. The molecule has 0 saturated carbocycles. The van der Waals surface area contributed by atoms with Crippen molar-refractivity contribution in [2.24, 2.45) is 0 Å². The van der Waals surface area contributed by atoms with Crippen molar-refractivity contribution in [3.8, 4) is 11.5 Å². The number of hydrogen-bond acceptors (Lipinski definition) is 6. The maximum atomic E-state index is 12.7. The number of nitrogens with zero attached hydrogens (tertiary/aromatic N) is 1. The van der Waals surface area contributed by atoms with Gasteiger partial charge in [-0.05, 0) is 51.0 Å². The van der Waals surface area contributed by atoms with Gasteiger partial charge in [0.1, 0.15) is 21.8 Å². The number of thiophene rings is 1. The first-order valence-electron chi connectivity index (χ1n) is 10.7. The third-order valence-electron chi connectivity index (χ3n) is 5.49. The molecule has 4 rings (SSSR count). The molecule has 31 heavy (non-hydrogen) atoms. The summed E-state index contributed by atoms with van der Waals surface area (Å²) >= 11 is 1.17. The van der Waals surface area contributed by atoms with Gasteiger partial charge in [-0.15, -0.1) is 11.3 Å². The molecule has 1 fully saturated rings. The zero-order chi connectivity index (χ0) is 22.0. The van der Waals surface area contributed by atoms with E-state index >= 15 is 0 Å². The molecule has 1 atom stereocenters. The van der Waals surface area contributed by atoms with Gasteiger partial charge in [0.15, 0.2) is 0 Å². The normalized spacial score (nSPS) is 18.6. The molecule has 2 aliphatic rings. The molecule has 2 aliphatic heterocycles. The van der Waals surface area contributed by atoms with Gasteiger partial charge in [0.2, 0.25) is 5.91 Å². The van der Waals surface area contributed by atoms with Crippen LogP contribution in [0.2, 0.25) is 0 Å². The lowest BCUT2D eigenvalue weighted by atomic mass is 10.1. The molecule has 1 aromatic heterocycles. The minimum absolute atomic E-state index is 0.138. The third kappa shape index (κ3) is 4.88. The van der Waals surface area contributed by atoms with Crippen LogP contribution in [0.25, 0.3) is 0 Å². The molecule has 0 bridgehead atoms. The van der Waals surface area contributed by atoms with E-state index in [4.69, 9.17) is 9.47 Å². The average molecular weight is 465 g/mol. The number of ether oxygens (including phenoxy) is 2. The lowest BCUT2D eigenvalue weighted by Crippen LogP contribution is -2.27. The Balaban J connectivity index is 1.39. The van der Waals surface area contributed by atoms with E-state index in [-0.39, 0.29) is 18.4 Å². The standard InChI is InChI=1S/C22H28N2O5S2/c1-3-28-19-11-16-10-15(2)29-20(16)12-17(19)14-23-21(25)13-18-6-7-22(30-18)31(26,27)24-8-4-5-9-24/h6-7,11-12,15H,3-5,8-10,13-14H2,1-2H3,(H,23,25)/t15-/m1/s1. The molecular formula is C22H28N2O5S2. The largest absolute Gasteiger partial charge is 0.494 e. The summed E-state index contributed by atoms with van der Waals surface area (Å²) in [4.78, 5) is 13.2. The molecule has 1 N–H and O–H groups in total. The minimum atomic E-state index is -3.44. The van der Waals surface area contributed by atoms with Crippen molar-refractivity contribution in [1.29, 1.82) is 0 Å². The Morgan fingerprint density at radius 2 is 2.06 bits per heavy atom. The van der Waals surface area contributed by atoms with E-state index in [2.05, 4.69) is 5.32 Å². The second kappa shape index (κ2) is 9.18. The smallest absolute Gasteiger partial charge is 0.252 e. The van der Waals surface area contributed by atoms with Crippen LogP contribution in [0.3, 0.4) is 0 Å². The van der Waals surface area contributed by atoms with Gasteiger partial charge in [-0.3, -0.25) is 4.79 Å². The molecule has 0 spiro atoms. The molecule has 0 aliphatic carbocycles. The van der Waals surface area contributed by atoms with Gasteiger partial charge in [0, 0.05) is 42.1 Å². The highest BCUT2D eigenvalue weighted by molar-refractivity contribution is 7.91. The molecule has 7 nitrogen and oxygen atoms in total. The number of amides is 1. The molecule has 168 valence electrons. The molecule has 1 amide bonds. The minimum Gasteiger partial charge on any atom is -0.494 e. The number of sulfonamides is 1. The fraction of sp³-hybridized carbons (Fsp3) is 0.500.